The Morgan fingerprint density at radius 2 is 1.86 bits per heavy atom. The van der Waals surface area contributed by atoms with Gasteiger partial charge in [0.05, 0.1) is 30.2 Å². The number of imide groups is 1. The van der Waals surface area contributed by atoms with Crippen LogP contribution in [-0.4, -0.2) is 78.2 Å². The number of sulfonamides is 1. The molecule has 4 heterocycles. The summed E-state index contributed by atoms with van der Waals surface area (Å²) in [5, 5.41) is 16.5. The van der Waals surface area contributed by atoms with Gasteiger partial charge < -0.3 is 30.9 Å². The number of thiophene rings is 1. The molecule has 6 rings (SSSR count). The van der Waals surface area contributed by atoms with E-state index >= 15 is 0 Å². The van der Waals surface area contributed by atoms with Crippen molar-refractivity contribution in [2.45, 2.75) is 82.9 Å². The van der Waals surface area contributed by atoms with Crippen LogP contribution in [0.4, 0.5) is 23.1 Å². The molecule has 4 amide bonds. The van der Waals surface area contributed by atoms with Crippen LogP contribution in [-0.2, 0) is 37.5 Å². The van der Waals surface area contributed by atoms with Crippen molar-refractivity contribution >= 4 is 68.1 Å². The van der Waals surface area contributed by atoms with Gasteiger partial charge >= 0.3 is 0 Å². The standard InChI is InChI=1S/C39H47N9O7S2/c1-24-19-42-38(46-35(24)43-26-8-5-9-28(18-26)57(53,54)47-39(2,3)4)44-25-12-14-27(15-13-25)55-17-7-16-40-21-34(50)41-20-32-29-22-48(37(52)30(29)23-56-32)31-10-6-11-33(49)45-36(31)51/h5,8-9,12-15,18-19,23,31,40,47H,6-7,10-11,16-17,20-22H2,1-4H3,(H,41,50)(H,45,49,51)(H2,42,43,44,46). The Morgan fingerprint density at radius 1 is 1.07 bits per heavy atom. The van der Waals surface area contributed by atoms with Crippen LogP contribution in [0.25, 0.3) is 0 Å². The molecule has 302 valence electrons. The summed E-state index contributed by atoms with van der Waals surface area (Å²) in [5.74, 6) is 0.386. The molecule has 1 unspecified atom stereocenters. The van der Waals surface area contributed by atoms with Crippen molar-refractivity contribution in [2.75, 3.05) is 30.3 Å². The van der Waals surface area contributed by atoms with Crippen molar-refractivity contribution in [1.29, 1.82) is 0 Å². The summed E-state index contributed by atoms with van der Waals surface area (Å²) in [6, 6.07) is 13.2. The molecule has 2 aliphatic heterocycles. The molecule has 2 aromatic heterocycles. The number of hydrogen-bond acceptors (Lipinski definition) is 13. The number of anilines is 4. The Kier molecular flexibility index (Phi) is 12.9. The third kappa shape index (κ3) is 10.9. The number of carbonyl (C=O) groups excluding carboxylic acids is 4. The quantitative estimate of drug-likeness (QED) is 0.0693. The molecule has 1 atom stereocenters. The molecular formula is C39H47N9O7S2. The fraction of sp³-hybridized carbons (Fsp3) is 0.385. The highest BCUT2D eigenvalue weighted by atomic mass is 32.2. The van der Waals surface area contributed by atoms with E-state index < -0.39 is 27.5 Å². The number of ether oxygens (including phenoxy) is 1. The summed E-state index contributed by atoms with van der Waals surface area (Å²) in [6.45, 7) is 8.88. The van der Waals surface area contributed by atoms with Gasteiger partial charge in [0.1, 0.15) is 17.6 Å². The highest BCUT2D eigenvalue weighted by Gasteiger charge is 2.39. The number of benzene rings is 2. The first-order chi connectivity index (χ1) is 27.1. The van der Waals surface area contributed by atoms with E-state index in [0.29, 0.717) is 61.2 Å². The fourth-order valence-electron chi connectivity index (χ4n) is 6.30. The number of nitrogens with one attached hydrogen (secondary N) is 6. The van der Waals surface area contributed by atoms with Gasteiger partial charge in [0.25, 0.3) is 5.91 Å². The predicted molar refractivity (Wildman–Crippen MR) is 216 cm³/mol. The summed E-state index contributed by atoms with van der Waals surface area (Å²) in [5.41, 5.74) is 2.83. The molecule has 0 spiro atoms. The van der Waals surface area contributed by atoms with Gasteiger partial charge in [-0.25, -0.2) is 18.1 Å². The fourth-order valence-corrected chi connectivity index (χ4v) is 8.74. The molecule has 1 saturated heterocycles. The molecule has 16 nitrogen and oxygen atoms in total. The lowest BCUT2D eigenvalue weighted by Crippen LogP contribution is -2.47. The summed E-state index contributed by atoms with van der Waals surface area (Å²) in [4.78, 5) is 61.4. The van der Waals surface area contributed by atoms with E-state index in [1.807, 2.05) is 31.2 Å². The molecule has 1 fully saturated rings. The largest absolute Gasteiger partial charge is 0.494 e. The average Bonchev–Trinajstić information content (AvgIpc) is 3.65. The van der Waals surface area contributed by atoms with Crippen LogP contribution in [0.5, 0.6) is 5.75 Å². The second kappa shape index (κ2) is 17.8. The number of aryl methyl sites for hydroxylation is 1. The van der Waals surface area contributed by atoms with Gasteiger partial charge in [0, 0.05) is 51.9 Å². The van der Waals surface area contributed by atoms with Crippen LogP contribution in [0.15, 0.2) is 65.0 Å². The van der Waals surface area contributed by atoms with E-state index in [1.165, 1.54) is 16.2 Å². The van der Waals surface area contributed by atoms with Crippen molar-refractivity contribution in [3.8, 4) is 5.75 Å². The summed E-state index contributed by atoms with van der Waals surface area (Å²) >= 11 is 1.40. The first-order valence-corrected chi connectivity index (χ1v) is 21.0. The van der Waals surface area contributed by atoms with Gasteiger partial charge in [0.2, 0.25) is 33.7 Å². The molecule has 4 aromatic rings. The van der Waals surface area contributed by atoms with Crippen LogP contribution >= 0.6 is 11.3 Å². The predicted octanol–water partition coefficient (Wildman–Crippen LogP) is 4.24. The van der Waals surface area contributed by atoms with Crippen LogP contribution in [0.1, 0.15) is 72.8 Å². The van der Waals surface area contributed by atoms with Crippen molar-refractivity contribution in [3.63, 3.8) is 0 Å². The number of aromatic nitrogens is 2. The molecule has 0 bridgehead atoms. The smallest absolute Gasteiger partial charge is 0.256 e. The van der Waals surface area contributed by atoms with E-state index in [-0.39, 0.29) is 48.7 Å². The maximum atomic E-state index is 13.0. The zero-order valence-corrected chi connectivity index (χ0v) is 33.9. The van der Waals surface area contributed by atoms with E-state index in [1.54, 1.807) is 56.6 Å². The third-order valence-corrected chi connectivity index (χ3v) is 11.8. The third-order valence-electron chi connectivity index (χ3n) is 9.05. The second-order valence-corrected chi connectivity index (χ2v) is 17.5. The number of rotatable bonds is 16. The SMILES string of the molecule is Cc1cnc(Nc2ccc(OCCCNCC(=O)NCc3scc4c3CN(C3CCCC(=O)NC3=O)C4=O)cc2)nc1Nc1cccc(S(=O)(=O)NC(C)(C)C)c1. The van der Waals surface area contributed by atoms with Crippen LogP contribution in [0, 0.1) is 6.92 Å². The highest BCUT2D eigenvalue weighted by Crippen LogP contribution is 2.34. The second-order valence-electron chi connectivity index (χ2n) is 14.8. The minimum atomic E-state index is -3.71. The van der Waals surface area contributed by atoms with E-state index in [4.69, 9.17) is 4.74 Å². The molecule has 57 heavy (non-hydrogen) atoms. The lowest BCUT2D eigenvalue weighted by molar-refractivity contribution is -0.132. The van der Waals surface area contributed by atoms with Crippen molar-refractivity contribution in [1.82, 2.24) is 35.5 Å². The van der Waals surface area contributed by atoms with Crippen LogP contribution in [0.2, 0.25) is 0 Å². The van der Waals surface area contributed by atoms with Gasteiger partial charge in [0.15, 0.2) is 0 Å². The number of amides is 4. The van der Waals surface area contributed by atoms with Crippen molar-refractivity contribution < 1.29 is 32.3 Å². The Balaban J connectivity index is 0.898. The molecule has 0 radical (unpaired) electrons. The summed E-state index contributed by atoms with van der Waals surface area (Å²) < 4.78 is 34.2. The molecule has 18 heteroatoms. The lowest BCUT2D eigenvalue weighted by Gasteiger charge is -2.25. The van der Waals surface area contributed by atoms with Gasteiger partial charge in [-0.1, -0.05) is 6.07 Å². The summed E-state index contributed by atoms with van der Waals surface area (Å²) in [7, 11) is -3.71. The lowest BCUT2D eigenvalue weighted by atomic mass is 10.1. The van der Waals surface area contributed by atoms with Gasteiger partial charge in [-0.2, -0.15) is 4.98 Å². The number of carbonyl (C=O) groups is 4. The Labute approximate surface area is 335 Å². The Bertz CT molecular complexity index is 2240. The number of nitrogens with zero attached hydrogens (tertiary/aromatic N) is 3. The zero-order valence-electron chi connectivity index (χ0n) is 32.2. The summed E-state index contributed by atoms with van der Waals surface area (Å²) in [6.07, 6.45) is 3.57. The molecule has 2 aromatic carbocycles. The molecule has 2 aliphatic rings. The topological polar surface area (TPSA) is 213 Å². The highest BCUT2D eigenvalue weighted by molar-refractivity contribution is 7.89. The average molecular weight is 818 g/mol. The Hall–Kier alpha value is -5.43. The van der Waals surface area contributed by atoms with Gasteiger partial charge in [-0.15, -0.1) is 11.3 Å². The number of hydrogen-bond donors (Lipinski definition) is 6. The maximum Gasteiger partial charge on any atom is 0.256 e. The van der Waals surface area contributed by atoms with E-state index in [0.717, 1.165) is 21.7 Å². The van der Waals surface area contributed by atoms with Gasteiger partial charge in [-0.05, 0) is 102 Å². The molecule has 0 aliphatic carbocycles. The number of fused-ring (bicyclic) bond motifs is 1. The monoisotopic (exact) mass is 817 g/mol. The minimum absolute atomic E-state index is 0.122. The van der Waals surface area contributed by atoms with Crippen molar-refractivity contribution in [3.05, 3.63) is 81.7 Å². The van der Waals surface area contributed by atoms with E-state index in [2.05, 4.69) is 41.3 Å². The Morgan fingerprint density at radius 3 is 2.63 bits per heavy atom. The maximum absolute atomic E-state index is 13.0. The van der Waals surface area contributed by atoms with Crippen LogP contribution < -0.4 is 36.0 Å². The normalized spacial score (nSPS) is 15.8. The van der Waals surface area contributed by atoms with Crippen LogP contribution in [0.3, 0.4) is 0 Å². The molecule has 0 saturated carbocycles. The first-order valence-electron chi connectivity index (χ1n) is 18.6. The minimum Gasteiger partial charge on any atom is -0.494 e. The van der Waals surface area contributed by atoms with Crippen molar-refractivity contribution in [2.24, 2.45) is 0 Å². The molecule has 6 N–H and O–H groups in total. The van der Waals surface area contributed by atoms with Gasteiger partial charge in [-0.3, -0.25) is 24.5 Å². The first kappa shape index (κ1) is 41.2. The van der Waals surface area contributed by atoms with E-state index in [9.17, 15) is 27.6 Å². The zero-order chi connectivity index (χ0) is 40.7. The molecular weight excluding hydrogens is 771 g/mol.